The highest BCUT2D eigenvalue weighted by Gasteiger charge is 2.27. The number of ether oxygens (including phenoxy) is 2. The molecule has 1 aliphatic carbocycles. The fourth-order valence-electron chi connectivity index (χ4n) is 5.34. The second-order valence-electron chi connectivity index (χ2n) is 11.7. The van der Waals surface area contributed by atoms with E-state index >= 15 is 4.39 Å². The minimum atomic E-state index is -0.820. The van der Waals surface area contributed by atoms with Gasteiger partial charge in [0.1, 0.15) is 23.9 Å². The monoisotopic (exact) mass is 530 g/mol. The molecule has 0 radical (unpaired) electrons. The molecule has 39 heavy (non-hydrogen) atoms. The van der Waals surface area contributed by atoms with Crippen LogP contribution in [-0.4, -0.2) is 18.2 Å². The van der Waals surface area contributed by atoms with Gasteiger partial charge in [-0.25, -0.2) is 4.39 Å². The number of carbonyl (C=O) groups is 1. The summed E-state index contributed by atoms with van der Waals surface area (Å²) in [5, 5.41) is 9.14. The van der Waals surface area contributed by atoms with Gasteiger partial charge in [0.15, 0.2) is 0 Å². The quantitative estimate of drug-likeness (QED) is 0.300. The van der Waals surface area contributed by atoms with Crippen LogP contribution < -0.4 is 9.47 Å². The second kappa shape index (κ2) is 12.1. The van der Waals surface area contributed by atoms with Crippen molar-refractivity contribution < 1.29 is 23.8 Å². The molecule has 1 N–H and O–H groups in total. The first kappa shape index (κ1) is 28.4. The summed E-state index contributed by atoms with van der Waals surface area (Å²) >= 11 is 0. The van der Waals surface area contributed by atoms with E-state index in [-0.39, 0.29) is 23.6 Å². The Kier molecular flexibility index (Phi) is 8.79. The largest absolute Gasteiger partial charge is 0.497 e. The molecule has 4 nitrogen and oxygen atoms in total. The second-order valence-corrected chi connectivity index (χ2v) is 11.7. The Bertz CT molecular complexity index is 1350. The van der Waals surface area contributed by atoms with Gasteiger partial charge >= 0.3 is 5.97 Å². The molecule has 0 aliphatic heterocycles. The van der Waals surface area contributed by atoms with Crippen LogP contribution in [0.4, 0.5) is 4.39 Å². The molecule has 0 aromatic heterocycles. The highest BCUT2D eigenvalue weighted by Crippen LogP contribution is 2.42. The van der Waals surface area contributed by atoms with Crippen LogP contribution in [0, 0.1) is 17.2 Å². The minimum absolute atomic E-state index is 0.0697. The summed E-state index contributed by atoms with van der Waals surface area (Å²) in [6, 6.07) is 18.5. The van der Waals surface area contributed by atoms with Crippen molar-refractivity contribution in [2.75, 3.05) is 7.11 Å². The van der Waals surface area contributed by atoms with Crippen LogP contribution in [0.2, 0.25) is 0 Å². The maximum atomic E-state index is 15.1. The molecule has 0 saturated heterocycles. The van der Waals surface area contributed by atoms with Gasteiger partial charge in [-0.05, 0) is 101 Å². The van der Waals surface area contributed by atoms with Crippen molar-refractivity contribution in [3.8, 4) is 22.6 Å². The lowest BCUT2D eigenvalue weighted by molar-refractivity contribution is -0.137. The SMILES string of the molecule is COc1ccc(F)c(-c2ccc(COc3cccc([C@H](C)CC(=O)O)c3)cc2C2=CCC(C(C)(C)C)CC2)c1. The summed E-state index contributed by atoms with van der Waals surface area (Å²) in [7, 11) is 1.59. The number of carboxylic acid groups (broad SMARTS) is 1. The molecule has 0 amide bonds. The Labute approximate surface area is 231 Å². The van der Waals surface area contributed by atoms with E-state index < -0.39 is 5.97 Å². The average molecular weight is 531 g/mol. The molecule has 3 aromatic carbocycles. The Balaban J connectivity index is 1.65. The standard InChI is InChI=1S/C34H39FO4/c1-22(17-33(36)37)25-7-6-8-28(19-25)39-21-23-9-15-29(31-20-27(38-5)14-16-32(31)35)30(18-23)24-10-12-26(13-11-24)34(2,3)4/h6-10,14-16,18-20,22,26H,11-13,17,21H2,1-5H3,(H,36,37)/t22-,26?/m1/s1. The van der Waals surface area contributed by atoms with Crippen molar-refractivity contribution in [3.63, 3.8) is 0 Å². The molecule has 1 unspecified atom stereocenters. The fraction of sp³-hybridized carbons (Fsp3) is 0.382. The zero-order valence-electron chi connectivity index (χ0n) is 23.6. The highest BCUT2D eigenvalue weighted by molar-refractivity contribution is 5.83. The van der Waals surface area contributed by atoms with Gasteiger partial charge in [0.05, 0.1) is 13.5 Å². The molecule has 0 spiro atoms. The molecular formula is C34H39FO4. The van der Waals surface area contributed by atoms with Crippen LogP contribution in [-0.2, 0) is 11.4 Å². The number of hydrogen-bond donors (Lipinski definition) is 1. The van der Waals surface area contributed by atoms with Crippen LogP contribution in [0.5, 0.6) is 11.5 Å². The van der Waals surface area contributed by atoms with E-state index in [4.69, 9.17) is 14.6 Å². The van der Waals surface area contributed by atoms with Crippen molar-refractivity contribution in [3.05, 3.63) is 89.2 Å². The van der Waals surface area contributed by atoms with Gasteiger partial charge in [-0.1, -0.05) is 58.0 Å². The van der Waals surface area contributed by atoms with Gasteiger partial charge in [-0.3, -0.25) is 4.79 Å². The van der Waals surface area contributed by atoms with Crippen molar-refractivity contribution in [1.82, 2.24) is 0 Å². The lowest BCUT2D eigenvalue weighted by Gasteiger charge is -2.33. The lowest BCUT2D eigenvalue weighted by Crippen LogP contribution is -2.22. The zero-order valence-corrected chi connectivity index (χ0v) is 23.6. The first-order valence-corrected chi connectivity index (χ1v) is 13.7. The summed E-state index contributed by atoms with van der Waals surface area (Å²) in [6.45, 7) is 9.13. The average Bonchev–Trinajstić information content (AvgIpc) is 2.91. The third kappa shape index (κ3) is 7.08. The summed E-state index contributed by atoms with van der Waals surface area (Å²) in [5.74, 6) is 0.716. The van der Waals surface area contributed by atoms with E-state index in [1.54, 1.807) is 19.2 Å². The molecule has 1 aliphatic rings. The Hall–Kier alpha value is -3.60. The van der Waals surface area contributed by atoms with Crippen LogP contribution in [0.1, 0.15) is 76.0 Å². The van der Waals surface area contributed by atoms with Gasteiger partial charge in [0.25, 0.3) is 0 Å². The van der Waals surface area contributed by atoms with E-state index in [2.05, 4.69) is 32.9 Å². The smallest absolute Gasteiger partial charge is 0.303 e. The highest BCUT2D eigenvalue weighted by atomic mass is 19.1. The molecule has 0 heterocycles. The summed E-state index contributed by atoms with van der Waals surface area (Å²) in [6.07, 6.45) is 5.43. The third-order valence-corrected chi connectivity index (χ3v) is 7.84. The van der Waals surface area contributed by atoms with Crippen molar-refractivity contribution in [2.24, 2.45) is 11.3 Å². The maximum absolute atomic E-state index is 15.1. The number of hydrogen-bond acceptors (Lipinski definition) is 3. The number of benzene rings is 3. The van der Waals surface area contributed by atoms with Gasteiger partial charge < -0.3 is 14.6 Å². The van der Waals surface area contributed by atoms with Gasteiger partial charge in [-0.15, -0.1) is 0 Å². The van der Waals surface area contributed by atoms with Crippen LogP contribution in [0.3, 0.4) is 0 Å². The molecule has 0 fully saturated rings. The van der Waals surface area contributed by atoms with E-state index in [1.807, 2.05) is 43.3 Å². The van der Waals surface area contributed by atoms with Gasteiger partial charge in [0, 0.05) is 5.56 Å². The van der Waals surface area contributed by atoms with Gasteiger partial charge in [-0.2, -0.15) is 0 Å². The summed E-state index contributed by atoms with van der Waals surface area (Å²) in [5.41, 5.74) is 5.80. The topological polar surface area (TPSA) is 55.8 Å². The van der Waals surface area contributed by atoms with E-state index in [9.17, 15) is 4.79 Å². The third-order valence-electron chi connectivity index (χ3n) is 7.84. The molecule has 2 atom stereocenters. The predicted molar refractivity (Wildman–Crippen MR) is 155 cm³/mol. The van der Waals surface area contributed by atoms with Crippen LogP contribution in [0.15, 0.2) is 66.7 Å². The molecule has 5 heteroatoms. The number of carboxylic acids is 1. The summed E-state index contributed by atoms with van der Waals surface area (Å²) < 4.78 is 26.6. The minimum Gasteiger partial charge on any atom is -0.497 e. The number of methoxy groups -OCH3 is 1. The lowest BCUT2D eigenvalue weighted by atomic mass is 9.72. The van der Waals surface area contributed by atoms with Crippen molar-refractivity contribution >= 4 is 11.5 Å². The van der Waals surface area contributed by atoms with Gasteiger partial charge in [0.2, 0.25) is 0 Å². The molecule has 3 aromatic rings. The maximum Gasteiger partial charge on any atom is 0.303 e. The van der Waals surface area contributed by atoms with Crippen LogP contribution >= 0.6 is 0 Å². The van der Waals surface area contributed by atoms with Crippen molar-refractivity contribution in [2.45, 2.75) is 65.9 Å². The molecule has 4 rings (SSSR count). The Morgan fingerprint density at radius 1 is 1.03 bits per heavy atom. The normalized spacial score (nSPS) is 16.4. The number of halogens is 1. The van der Waals surface area contributed by atoms with E-state index in [0.717, 1.165) is 41.5 Å². The van der Waals surface area contributed by atoms with Crippen LogP contribution in [0.25, 0.3) is 16.7 Å². The summed E-state index contributed by atoms with van der Waals surface area (Å²) in [4.78, 5) is 11.1. The molecule has 0 bridgehead atoms. The number of allylic oxidation sites excluding steroid dienone is 2. The molecule has 206 valence electrons. The Morgan fingerprint density at radius 2 is 1.82 bits per heavy atom. The van der Waals surface area contributed by atoms with E-state index in [0.29, 0.717) is 29.6 Å². The van der Waals surface area contributed by atoms with Crippen molar-refractivity contribution in [1.29, 1.82) is 0 Å². The fourth-order valence-corrected chi connectivity index (χ4v) is 5.34. The first-order valence-electron chi connectivity index (χ1n) is 13.7. The predicted octanol–water partition coefficient (Wildman–Crippen LogP) is 8.89. The molecule has 0 saturated carbocycles. The molecular weight excluding hydrogens is 491 g/mol. The number of aliphatic carboxylic acids is 1. The Morgan fingerprint density at radius 3 is 2.49 bits per heavy atom. The van der Waals surface area contributed by atoms with E-state index in [1.165, 1.54) is 11.6 Å². The number of rotatable bonds is 9. The zero-order chi connectivity index (χ0) is 28.2. The first-order chi connectivity index (χ1) is 18.5.